The van der Waals surface area contributed by atoms with Crippen LogP contribution in [-0.2, 0) is 6.42 Å². The third-order valence-electron chi connectivity index (χ3n) is 4.36. The summed E-state index contributed by atoms with van der Waals surface area (Å²) in [7, 11) is 0. The molecule has 0 spiro atoms. The first kappa shape index (κ1) is 16.6. The molecule has 0 bridgehead atoms. The molecule has 1 heterocycles. The van der Waals surface area contributed by atoms with Crippen molar-refractivity contribution in [2.45, 2.75) is 31.9 Å². The second-order valence-electron chi connectivity index (χ2n) is 6.31. The molecule has 2 atom stereocenters. The molecule has 0 aliphatic rings. The minimum absolute atomic E-state index is 0.342. The molecule has 2 aromatic carbocycles. The fourth-order valence-corrected chi connectivity index (χ4v) is 2.84. The van der Waals surface area contributed by atoms with Crippen LogP contribution < -0.4 is 5.32 Å². The molecule has 24 heavy (non-hydrogen) atoms. The highest BCUT2D eigenvalue weighted by molar-refractivity contribution is 5.78. The normalized spacial score (nSPS) is 13.8. The summed E-state index contributed by atoms with van der Waals surface area (Å²) in [6.45, 7) is 2.73. The lowest BCUT2D eigenvalue weighted by Crippen LogP contribution is -2.30. The van der Waals surface area contributed by atoms with Crippen molar-refractivity contribution in [1.29, 1.82) is 0 Å². The Bertz CT molecular complexity index is 773. The highest BCUT2D eigenvalue weighted by Crippen LogP contribution is 2.15. The van der Waals surface area contributed by atoms with Crippen LogP contribution in [0.15, 0.2) is 66.9 Å². The van der Waals surface area contributed by atoms with Crippen molar-refractivity contribution in [2.24, 2.45) is 0 Å². The maximum Gasteiger partial charge on any atom is 0.0914 e. The van der Waals surface area contributed by atoms with Gasteiger partial charge in [-0.1, -0.05) is 48.5 Å². The van der Waals surface area contributed by atoms with Crippen molar-refractivity contribution in [3.63, 3.8) is 0 Å². The monoisotopic (exact) mass is 320 g/mol. The van der Waals surface area contributed by atoms with Crippen LogP contribution in [0.1, 0.15) is 30.6 Å². The molecule has 3 nitrogen and oxygen atoms in total. The quantitative estimate of drug-likeness (QED) is 0.694. The molecule has 0 saturated heterocycles. The van der Waals surface area contributed by atoms with Crippen LogP contribution in [0.5, 0.6) is 0 Å². The lowest BCUT2D eigenvalue weighted by Gasteiger charge is -2.17. The second kappa shape index (κ2) is 8.04. The van der Waals surface area contributed by atoms with Gasteiger partial charge in [0.2, 0.25) is 0 Å². The number of benzene rings is 2. The topological polar surface area (TPSA) is 45.2 Å². The first-order chi connectivity index (χ1) is 11.7. The highest BCUT2D eigenvalue weighted by Gasteiger charge is 2.09. The maximum absolute atomic E-state index is 10.2. The van der Waals surface area contributed by atoms with Gasteiger partial charge in [0, 0.05) is 24.2 Å². The van der Waals surface area contributed by atoms with E-state index in [-0.39, 0.29) is 0 Å². The lowest BCUT2D eigenvalue weighted by molar-refractivity contribution is 0.170. The van der Waals surface area contributed by atoms with Gasteiger partial charge in [-0.25, -0.2) is 0 Å². The van der Waals surface area contributed by atoms with Crippen LogP contribution in [0.4, 0.5) is 0 Å². The SMILES string of the molecule is CC(CCc1cnc2ccccc2c1)NC[C@H](O)c1ccccc1. The first-order valence-electron chi connectivity index (χ1n) is 8.52. The summed E-state index contributed by atoms with van der Waals surface area (Å²) >= 11 is 0. The van der Waals surface area contributed by atoms with Gasteiger partial charge >= 0.3 is 0 Å². The number of fused-ring (bicyclic) bond motifs is 1. The summed E-state index contributed by atoms with van der Waals surface area (Å²) in [5.41, 5.74) is 3.25. The predicted molar refractivity (Wildman–Crippen MR) is 98.9 cm³/mol. The lowest BCUT2D eigenvalue weighted by atomic mass is 10.0. The van der Waals surface area contributed by atoms with E-state index < -0.39 is 6.10 Å². The van der Waals surface area contributed by atoms with Crippen molar-refractivity contribution >= 4 is 10.9 Å². The second-order valence-corrected chi connectivity index (χ2v) is 6.31. The number of aliphatic hydroxyl groups is 1. The number of nitrogens with zero attached hydrogens (tertiary/aromatic N) is 1. The summed E-state index contributed by atoms with van der Waals surface area (Å²) < 4.78 is 0. The van der Waals surface area contributed by atoms with Crippen molar-refractivity contribution < 1.29 is 5.11 Å². The number of hydrogen-bond acceptors (Lipinski definition) is 3. The molecule has 0 saturated carbocycles. The smallest absolute Gasteiger partial charge is 0.0914 e. The first-order valence-corrected chi connectivity index (χ1v) is 8.52. The fraction of sp³-hybridized carbons (Fsp3) is 0.286. The number of hydrogen-bond donors (Lipinski definition) is 2. The van der Waals surface area contributed by atoms with Crippen molar-refractivity contribution in [3.8, 4) is 0 Å². The van der Waals surface area contributed by atoms with E-state index in [4.69, 9.17) is 0 Å². The molecule has 0 fully saturated rings. The van der Waals surface area contributed by atoms with E-state index >= 15 is 0 Å². The van der Waals surface area contributed by atoms with Gasteiger partial charge in [0.05, 0.1) is 11.6 Å². The van der Waals surface area contributed by atoms with Gasteiger partial charge in [-0.3, -0.25) is 4.98 Å². The van der Waals surface area contributed by atoms with E-state index in [9.17, 15) is 5.11 Å². The summed E-state index contributed by atoms with van der Waals surface area (Å²) in [5.74, 6) is 0. The standard InChI is InChI=1S/C21H24N2O/c1-16(22-15-21(24)18-7-3-2-4-8-18)11-12-17-13-19-9-5-6-10-20(19)23-14-17/h2-10,13-14,16,21-22,24H,11-12,15H2,1H3/t16?,21-/m0/s1. The zero-order valence-corrected chi connectivity index (χ0v) is 14.0. The number of nitrogens with one attached hydrogen (secondary N) is 1. The molecule has 124 valence electrons. The third-order valence-corrected chi connectivity index (χ3v) is 4.36. The number of aryl methyl sites for hydroxylation is 1. The number of pyridine rings is 1. The molecule has 3 rings (SSSR count). The molecule has 1 aromatic heterocycles. The molecule has 0 amide bonds. The Kier molecular flexibility index (Phi) is 5.57. The zero-order valence-electron chi connectivity index (χ0n) is 14.0. The van der Waals surface area contributed by atoms with Gasteiger partial charge in [-0.15, -0.1) is 0 Å². The Balaban J connectivity index is 1.48. The van der Waals surface area contributed by atoms with Crippen LogP contribution in [0.25, 0.3) is 10.9 Å². The van der Waals surface area contributed by atoms with E-state index in [0.717, 1.165) is 23.9 Å². The van der Waals surface area contributed by atoms with Gasteiger partial charge in [0.25, 0.3) is 0 Å². The molecule has 0 aliphatic heterocycles. The third kappa shape index (κ3) is 4.40. The molecule has 3 aromatic rings. The van der Waals surface area contributed by atoms with Gasteiger partial charge in [-0.05, 0) is 43.0 Å². The van der Waals surface area contributed by atoms with Gasteiger partial charge < -0.3 is 10.4 Å². The Hall–Kier alpha value is -2.23. The number of para-hydroxylation sites is 1. The Morgan fingerprint density at radius 1 is 1.04 bits per heavy atom. The largest absolute Gasteiger partial charge is 0.387 e. The summed E-state index contributed by atoms with van der Waals surface area (Å²) in [6, 6.07) is 20.5. The van der Waals surface area contributed by atoms with Crippen molar-refractivity contribution in [2.75, 3.05) is 6.54 Å². The van der Waals surface area contributed by atoms with E-state index in [1.54, 1.807) is 0 Å². The van der Waals surface area contributed by atoms with Gasteiger partial charge in [0.1, 0.15) is 0 Å². The highest BCUT2D eigenvalue weighted by atomic mass is 16.3. The minimum atomic E-state index is -0.462. The van der Waals surface area contributed by atoms with Crippen molar-refractivity contribution in [1.82, 2.24) is 10.3 Å². The molecule has 0 aliphatic carbocycles. The molecule has 0 radical (unpaired) electrons. The molecule has 2 N–H and O–H groups in total. The summed E-state index contributed by atoms with van der Waals surface area (Å²) in [6.07, 6.45) is 3.50. The van der Waals surface area contributed by atoms with Crippen LogP contribution in [0.3, 0.4) is 0 Å². The van der Waals surface area contributed by atoms with Gasteiger partial charge in [0.15, 0.2) is 0 Å². The van der Waals surface area contributed by atoms with Crippen LogP contribution in [0, 0.1) is 0 Å². The fourth-order valence-electron chi connectivity index (χ4n) is 2.84. The van der Waals surface area contributed by atoms with Gasteiger partial charge in [-0.2, -0.15) is 0 Å². The number of aliphatic hydroxyl groups excluding tert-OH is 1. The predicted octanol–water partition coefficient (Wildman–Crippen LogP) is 3.88. The Morgan fingerprint density at radius 3 is 2.62 bits per heavy atom. The average Bonchev–Trinajstić information content (AvgIpc) is 2.65. The van der Waals surface area contributed by atoms with Crippen molar-refractivity contribution in [3.05, 3.63) is 78.0 Å². The Morgan fingerprint density at radius 2 is 1.79 bits per heavy atom. The van der Waals surface area contributed by atoms with E-state index in [1.165, 1.54) is 10.9 Å². The van der Waals surface area contributed by atoms with Crippen LogP contribution in [-0.4, -0.2) is 22.7 Å². The number of aromatic nitrogens is 1. The maximum atomic E-state index is 10.2. The number of rotatable bonds is 7. The molecular formula is C21H24N2O. The van der Waals surface area contributed by atoms with Crippen LogP contribution >= 0.6 is 0 Å². The molecule has 1 unspecified atom stereocenters. The molecular weight excluding hydrogens is 296 g/mol. The minimum Gasteiger partial charge on any atom is -0.387 e. The van der Waals surface area contributed by atoms with Crippen LogP contribution in [0.2, 0.25) is 0 Å². The van der Waals surface area contributed by atoms with E-state index in [0.29, 0.717) is 12.6 Å². The van der Waals surface area contributed by atoms with E-state index in [2.05, 4.69) is 29.4 Å². The zero-order chi connectivity index (χ0) is 16.8. The molecule has 3 heteroatoms. The summed E-state index contributed by atoms with van der Waals surface area (Å²) in [4.78, 5) is 4.51. The summed E-state index contributed by atoms with van der Waals surface area (Å²) in [5, 5.41) is 14.8. The Labute approximate surface area is 143 Å². The average molecular weight is 320 g/mol. The van der Waals surface area contributed by atoms with E-state index in [1.807, 2.05) is 54.7 Å².